The molecule has 1 aromatic carbocycles. The SMILES string of the molecule is CC(C)(C)OC(=O)C#Cc1ccc(Br)c(F)c1. The number of hydrogen-bond donors (Lipinski definition) is 0. The lowest BCUT2D eigenvalue weighted by atomic mass is 10.2. The second-order valence-electron chi connectivity index (χ2n) is 4.38. The number of esters is 1. The predicted octanol–water partition coefficient (Wildman–Crippen LogP) is 3.28. The lowest BCUT2D eigenvalue weighted by Crippen LogP contribution is -2.22. The summed E-state index contributed by atoms with van der Waals surface area (Å²) in [6.45, 7) is 5.27. The van der Waals surface area contributed by atoms with E-state index in [1.165, 1.54) is 12.1 Å². The van der Waals surface area contributed by atoms with Crippen molar-refractivity contribution in [3.8, 4) is 11.8 Å². The summed E-state index contributed by atoms with van der Waals surface area (Å²) in [4.78, 5) is 11.3. The van der Waals surface area contributed by atoms with E-state index in [1.807, 2.05) is 0 Å². The maximum absolute atomic E-state index is 13.1. The summed E-state index contributed by atoms with van der Waals surface area (Å²) < 4.78 is 18.5. The third-order valence-corrected chi connectivity index (χ3v) is 2.27. The van der Waals surface area contributed by atoms with Gasteiger partial charge in [-0.25, -0.2) is 9.18 Å². The van der Waals surface area contributed by atoms with Gasteiger partial charge in [-0.3, -0.25) is 0 Å². The van der Waals surface area contributed by atoms with Gasteiger partial charge in [0.2, 0.25) is 0 Å². The van der Waals surface area contributed by atoms with Crippen LogP contribution in [0.5, 0.6) is 0 Å². The first-order valence-electron chi connectivity index (χ1n) is 4.98. The zero-order valence-corrected chi connectivity index (χ0v) is 11.4. The molecule has 0 radical (unpaired) electrons. The molecule has 0 spiro atoms. The van der Waals surface area contributed by atoms with Crippen molar-refractivity contribution in [2.75, 3.05) is 0 Å². The minimum Gasteiger partial charge on any atom is -0.450 e. The predicted molar refractivity (Wildman–Crippen MR) is 66.8 cm³/mol. The van der Waals surface area contributed by atoms with E-state index in [0.29, 0.717) is 10.0 Å². The smallest absolute Gasteiger partial charge is 0.385 e. The van der Waals surface area contributed by atoms with Crippen molar-refractivity contribution in [3.63, 3.8) is 0 Å². The van der Waals surface area contributed by atoms with Gasteiger partial charge in [0.15, 0.2) is 0 Å². The van der Waals surface area contributed by atoms with Crippen molar-refractivity contribution in [1.82, 2.24) is 0 Å². The third kappa shape index (κ3) is 5.01. The first-order chi connectivity index (χ1) is 7.78. The highest BCUT2D eigenvalue weighted by molar-refractivity contribution is 9.10. The van der Waals surface area contributed by atoms with Crippen LogP contribution in [0.25, 0.3) is 0 Å². The van der Waals surface area contributed by atoms with Gasteiger partial charge >= 0.3 is 5.97 Å². The molecule has 0 aliphatic carbocycles. The fourth-order valence-electron chi connectivity index (χ4n) is 1.00. The fourth-order valence-corrected chi connectivity index (χ4v) is 1.25. The van der Waals surface area contributed by atoms with Crippen LogP contribution in [0.2, 0.25) is 0 Å². The van der Waals surface area contributed by atoms with E-state index < -0.39 is 17.4 Å². The maximum atomic E-state index is 13.1. The molecular weight excluding hydrogens is 287 g/mol. The lowest BCUT2D eigenvalue weighted by molar-refractivity contribution is -0.147. The molecule has 90 valence electrons. The normalized spacial score (nSPS) is 10.4. The quantitative estimate of drug-likeness (QED) is 0.543. The average molecular weight is 299 g/mol. The summed E-state index contributed by atoms with van der Waals surface area (Å²) in [5.41, 5.74) is -0.145. The summed E-state index contributed by atoms with van der Waals surface area (Å²) in [6, 6.07) is 4.40. The van der Waals surface area contributed by atoms with E-state index in [1.54, 1.807) is 26.8 Å². The molecule has 0 saturated heterocycles. The van der Waals surface area contributed by atoms with E-state index in [2.05, 4.69) is 27.8 Å². The van der Waals surface area contributed by atoms with Gasteiger partial charge < -0.3 is 4.74 Å². The molecule has 0 atom stereocenters. The Kier molecular flexibility index (Phi) is 4.30. The van der Waals surface area contributed by atoms with Crippen molar-refractivity contribution >= 4 is 21.9 Å². The fraction of sp³-hybridized carbons (Fsp3) is 0.308. The first-order valence-corrected chi connectivity index (χ1v) is 5.77. The van der Waals surface area contributed by atoms with Crippen LogP contribution < -0.4 is 0 Å². The Bertz CT molecular complexity index is 492. The Morgan fingerprint density at radius 3 is 2.59 bits per heavy atom. The van der Waals surface area contributed by atoms with Gasteiger partial charge in [0.1, 0.15) is 11.4 Å². The largest absolute Gasteiger partial charge is 0.450 e. The van der Waals surface area contributed by atoms with Crippen LogP contribution in [0.15, 0.2) is 22.7 Å². The maximum Gasteiger partial charge on any atom is 0.385 e. The second kappa shape index (κ2) is 5.33. The number of ether oxygens (including phenoxy) is 1. The summed E-state index contributed by atoms with van der Waals surface area (Å²) in [6.07, 6.45) is 0. The summed E-state index contributed by atoms with van der Waals surface area (Å²) >= 11 is 3.03. The van der Waals surface area contributed by atoms with Crippen molar-refractivity contribution in [1.29, 1.82) is 0 Å². The molecule has 0 heterocycles. The first kappa shape index (κ1) is 13.7. The Morgan fingerprint density at radius 2 is 2.06 bits per heavy atom. The monoisotopic (exact) mass is 298 g/mol. The molecule has 0 saturated carbocycles. The van der Waals surface area contributed by atoms with Crippen LogP contribution in [0, 0.1) is 17.7 Å². The van der Waals surface area contributed by atoms with Crippen LogP contribution in [0.3, 0.4) is 0 Å². The molecule has 0 fully saturated rings. The molecule has 4 heteroatoms. The van der Waals surface area contributed by atoms with E-state index >= 15 is 0 Å². The summed E-state index contributed by atoms with van der Waals surface area (Å²) in [5, 5.41) is 0. The lowest BCUT2D eigenvalue weighted by Gasteiger charge is -2.16. The van der Waals surface area contributed by atoms with Gasteiger partial charge in [0, 0.05) is 11.5 Å². The molecule has 17 heavy (non-hydrogen) atoms. The third-order valence-electron chi connectivity index (χ3n) is 1.63. The Hall–Kier alpha value is -1.34. The van der Waals surface area contributed by atoms with Crippen molar-refractivity contribution in [3.05, 3.63) is 34.1 Å². The standard InChI is InChI=1S/C13H12BrFO2/c1-13(2,3)17-12(16)7-5-9-4-6-10(14)11(15)8-9/h4,6,8H,1-3H3. The van der Waals surface area contributed by atoms with Gasteiger partial charge in [-0.15, -0.1) is 0 Å². The summed E-state index contributed by atoms with van der Waals surface area (Å²) in [7, 11) is 0. The number of carbonyl (C=O) groups is 1. The minimum atomic E-state index is -0.624. The van der Waals surface area contributed by atoms with Gasteiger partial charge in [0.25, 0.3) is 0 Å². The topological polar surface area (TPSA) is 26.3 Å². The van der Waals surface area contributed by atoms with Crippen molar-refractivity contribution in [2.45, 2.75) is 26.4 Å². The molecule has 1 rings (SSSR count). The van der Waals surface area contributed by atoms with Crippen LogP contribution in [-0.4, -0.2) is 11.6 Å². The van der Waals surface area contributed by atoms with E-state index in [9.17, 15) is 9.18 Å². The highest BCUT2D eigenvalue weighted by Crippen LogP contribution is 2.15. The molecule has 0 aliphatic rings. The Morgan fingerprint density at radius 1 is 1.41 bits per heavy atom. The van der Waals surface area contributed by atoms with Crippen molar-refractivity contribution < 1.29 is 13.9 Å². The molecule has 0 aromatic heterocycles. The molecule has 0 N–H and O–H groups in total. The highest BCUT2D eigenvalue weighted by atomic mass is 79.9. The van der Waals surface area contributed by atoms with Crippen LogP contribution in [0.4, 0.5) is 4.39 Å². The number of rotatable bonds is 0. The van der Waals surface area contributed by atoms with Crippen LogP contribution >= 0.6 is 15.9 Å². The molecule has 0 amide bonds. The number of hydrogen-bond acceptors (Lipinski definition) is 2. The van der Waals surface area contributed by atoms with E-state index in [0.717, 1.165) is 0 Å². The average Bonchev–Trinajstić information content (AvgIpc) is 2.17. The highest BCUT2D eigenvalue weighted by Gasteiger charge is 2.14. The Labute approximate surface area is 108 Å². The number of carbonyl (C=O) groups excluding carboxylic acids is 1. The Balaban J connectivity index is 2.78. The molecular formula is C13H12BrFO2. The zero-order valence-electron chi connectivity index (χ0n) is 9.80. The van der Waals surface area contributed by atoms with Crippen LogP contribution in [0.1, 0.15) is 26.3 Å². The molecule has 0 aliphatic heterocycles. The van der Waals surface area contributed by atoms with Gasteiger partial charge in [-0.05, 0) is 54.9 Å². The van der Waals surface area contributed by atoms with Crippen LogP contribution in [-0.2, 0) is 9.53 Å². The molecule has 0 bridgehead atoms. The molecule has 0 unspecified atom stereocenters. The second-order valence-corrected chi connectivity index (χ2v) is 5.24. The number of halogens is 2. The van der Waals surface area contributed by atoms with E-state index in [4.69, 9.17) is 4.74 Å². The summed E-state index contributed by atoms with van der Waals surface area (Å²) in [5.74, 6) is 3.82. The number of benzene rings is 1. The molecule has 1 aromatic rings. The molecule has 2 nitrogen and oxygen atoms in total. The zero-order chi connectivity index (χ0) is 13.1. The van der Waals surface area contributed by atoms with Gasteiger partial charge in [-0.2, -0.15) is 0 Å². The minimum absolute atomic E-state index is 0.361. The van der Waals surface area contributed by atoms with E-state index in [-0.39, 0.29) is 0 Å². The van der Waals surface area contributed by atoms with Gasteiger partial charge in [0.05, 0.1) is 4.47 Å². The van der Waals surface area contributed by atoms with Gasteiger partial charge in [-0.1, -0.05) is 5.92 Å². The van der Waals surface area contributed by atoms with Crippen molar-refractivity contribution in [2.24, 2.45) is 0 Å².